The number of alkyl halides is 2. The molecule has 1 aromatic heterocycles. The fraction of sp³-hybridized carbons (Fsp3) is 0.550. The van der Waals surface area contributed by atoms with Crippen molar-refractivity contribution in [2.45, 2.75) is 42.3 Å². The van der Waals surface area contributed by atoms with Crippen LogP contribution in [0.1, 0.15) is 36.0 Å². The lowest BCUT2D eigenvalue weighted by Crippen LogP contribution is -2.68. The minimum Gasteiger partial charge on any atom is -0.292 e. The molecule has 0 atom stereocenters. The number of aryl methyl sites for hydroxylation is 1. The van der Waals surface area contributed by atoms with Gasteiger partial charge in [-0.1, -0.05) is 36.3 Å². The molecule has 1 aliphatic heterocycles. The van der Waals surface area contributed by atoms with Crippen molar-refractivity contribution >= 4 is 28.3 Å². The van der Waals surface area contributed by atoms with E-state index in [4.69, 9.17) is 0 Å². The van der Waals surface area contributed by atoms with E-state index in [1.54, 1.807) is 30.1 Å². The quantitative estimate of drug-likeness (QED) is 0.603. The molecule has 4 rings (SSSR count). The van der Waals surface area contributed by atoms with E-state index in [9.17, 15) is 13.2 Å². The number of aromatic nitrogens is 3. The first kappa shape index (κ1) is 25.5. The molecule has 1 aromatic carbocycles. The second-order valence-corrected chi connectivity index (χ2v) is 10.1. The highest BCUT2D eigenvalue weighted by Crippen LogP contribution is 2.45. The molecule has 9 nitrogen and oxygen atoms in total. The standard InChI is InChI=1S/C20H26F2N6O3S.ClH/c1-26-15-17(24-25-26)32(30,31)28-13-11-27(12-14-28)19(9-5-6-10-19)20(21,22)23-18(29)16-7-3-2-4-8-16;/h2-4,7-8,15H,5-6,9-14H2,1H3,(H,23,29);1H. The van der Waals surface area contributed by atoms with Gasteiger partial charge >= 0.3 is 6.05 Å². The van der Waals surface area contributed by atoms with Crippen LogP contribution in [0.4, 0.5) is 8.78 Å². The van der Waals surface area contributed by atoms with Crippen LogP contribution in [0.2, 0.25) is 0 Å². The second kappa shape index (κ2) is 9.61. The van der Waals surface area contributed by atoms with Crippen LogP contribution in [0.5, 0.6) is 0 Å². The average Bonchev–Trinajstić information content (AvgIpc) is 3.45. The van der Waals surface area contributed by atoms with Gasteiger partial charge in [0, 0.05) is 38.8 Å². The summed E-state index contributed by atoms with van der Waals surface area (Å²) < 4.78 is 59.3. The number of benzene rings is 1. The maximum Gasteiger partial charge on any atom is 0.343 e. The van der Waals surface area contributed by atoms with Crippen LogP contribution in [-0.4, -0.2) is 76.3 Å². The molecule has 2 heterocycles. The van der Waals surface area contributed by atoms with Gasteiger partial charge in [-0.2, -0.15) is 13.1 Å². The van der Waals surface area contributed by atoms with Crippen molar-refractivity contribution in [3.63, 3.8) is 0 Å². The molecule has 182 valence electrons. The maximum atomic E-state index is 15.6. The Morgan fingerprint density at radius 3 is 2.24 bits per heavy atom. The van der Waals surface area contributed by atoms with Gasteiger partial charge in [0.25, 0.3) is 15.9 Å². The molecule has 1 aliphatic carbocycles. The number of piperazine rings is 1. The van der Waals surface area contributed by atoms with Crippen molar-refractivity contribution in [3.05, 3.63) is 42.1 Å². The molecular weight excluding hydrogens is 478 g/mol. The predicted molar refractivity (Wildman–Crippen MR) is 119 cm³/mol. The molecule has 1 saturated carbocycles. The lowest BCUT2D eigenvalue weighted by molar-refractivity contribution is -0.162. The van der Waals surface area contributed by atoms with Crippen LogP contribution in [-0.2, 0) is 17.1 Å². The van der Waals surface area contributed by atoms with E-state index in [0.29, 0.717) is 12.8 Å². The van der Waals surface area contributed by atoms with Crippen LogP contribution in [0.25, 0.3) is 0 Å². The van der Waals surface area contributed by atoms with Crippen molar-refractivity contribution in [2.75, 3.05) is 26.2 Å². The third-order valence-electron chi connectivity index (χ3n) is 6.35. The van der Waals surface area contributed by atoms with E-state index in [2.05, 4.69) is 10.3 Å². The molecule has 2 fully saturated rings. The summed E-state index contributed by atoms with van der Waals surface area (Å²) in [4.78, 5) is 14.1. The largest absolute Gasteiger partial charge is 0.343 e. The number of halogens is 3. The fourth-order valence-corrected chi connectivity index (χ4v) is 5.98. The smallest absolute Gasteiger partial charge is 0.292 e. The third-order valence-corrected chi connectivity index (χ3v) is 8.11. The number of amides is 1. The van der Waals surface area contributed by atoms with E-state index in [0.717, 1.165) is 0 Å². The van der Waals surface area contributed by atoms with Crippen LogP contribution >= 0.6 is 12.4 Å². The van der Waals surface area contributed by atoms with E-state index >= 15 is 8.78 Å². The predicted octanol–water partition coefficient (Wildman–Crippen LogP) is 1.88. The first-order chi connectivity index (χ1) is 15.2. The van der Waals surface area contributed by atoms with Crippen molar-refractivity contribution in [1.82, 2.24) is 29.5 Å². The van der Waals surface area contributed by atoms with Crippen molar-refractivity contribution in [3.8, 4) is 0 Å². The van der Waals surface area contributed by atoms with Gasteiger partial charge in [-0.3, -0.25) is 19.7 Å². The summed E-state index contributed by atoms with van der Waals surface area (Å²) in [7, 11) is -2.27. The highest BCUT2D eigenvalue weighted by molar-refractivity contribution is 7.89. The molecule has 0 spiro atoms. The van der Waals surface area contributed by atoms with Gasteiger partial charge in [0.15, 0.2) is 0 Å². The zero-order valence-corrected chi connectivity index (χ0v) is 19.8. The second-order valence-electron chi connectivity index (χ2n) is 8.25. The molecule has 2 aromatic rings. The molecule has 0 bridgehead atoms. The Morgan fingerprint density at radius 2 is 1.70 bits per heavy atom. The third kappa shape index (κ3) is 4.75. The Hall–Kier alpha value is -2.15. The molecule has 0 unspecified atom stereocenters. The zero-order chi connectivity index (χ0) is 23.0. The van der Waals surface area contributed by atoms with Gasteiger partial charge in [0.05, 0.1) is 6.20 Å². The van der Waals surface area contributed by atoms with Crippen LogP contribution < -0.4 is 5.32 Å². The van der Waals surface area contributed by atoms with Gasteiger partial charge in [0.2, 0.25) is 5.03 Å². The van der Waals surface area contributed by atoms with E-state index in [1.165, 1.54) is 27.3 Å². The lowest BCUT2D eigenvalue weighted by atomic mass is 9.90. The molecule has 0 radical (unpaired) electrons. The van der Waals surface area contributed by atoms with E-state index < -0.39 is 27.5 Å². The Labute approximate surface area is 197 Å². The van der Waals surface area contributed by atoms with Gasteiger partial charge in [-0.25, -0.2) is 8.42 Å². The average molecular weight is 505 g/mol. The van der Waals surface area contributed by atoms with Gasteiger partial charge in [-0.15, -0.1) is 17.5 Å². The normalized spacial score (nSPS) is 19.7. The molecule has 33 heavy (non-hydrogen) atoms. The monoisotopic (exact) mass is 504 g/mol. The zero-order valence-electron chi connectivity index (χ0n) is 18.2. The molecule has 1 saturated heterocycles. The lowest BCUT2D eigenvalue weighted by Gasteiger charge is -2.48. The number of hydrogen-bond acceptors (Lipinski definition) is 6. The minimum absolute atomic E-state index is 0. The number of sulfonamides is 1. The van der Waals surface area contributed by atoms with Gasteiger partial charge < -0.3 is 0 Å². The SMILES string of the molecule is Cl.Cn1cc(S(=O)(=O)N2CCN(C3(C(F)(F)NC(=O)c4ccccc4)CCCC3)CC2)nn1. The molecule has 13 heteroatoms. The van der Waals surface area contributed by atoms with Crippen LogP contribution in [0.3, 0.4) is 0 Å². The molecule has 1 amide bonds. The topological polar surface area (TPSA) is 100 Å². The Morgan fingerprint density at radius 1 is 1.09 bits per heavy atom. The molecular formula is C20H27ClF2N6O3S. The van der Waals surface area contributed by atoms with Crippen molar-refractivity contribution in [2.24, 2.45) is 7.05 Å². The Balaban J connectivity index is 0.00000306. The van der Waals surface area contributed by atoms with E-state index in [-0.39, 0.29) is 62.0 Å². The minimum atomic E-state index is -3.84. The van der Waals surface area contributed by atoms with Crippen molar-refractivity contribution < 1.29 is 22.0 Å². The summed E-state index contributed by atoms with van der Waals surface area (Å²) in [5.41, 5.74) is -1.37. The van der Waals surface area contributed by atoms with Crippen LogP contribution in [0.15, 0.2) is 41.6 Å². The number of nitrogens with zero attached hydrogens (tertiary/aromatic N) is 5. The highest BCUT2D eigenvalue weighted by Gasteiger charge is 2.59. The number of nitrogens with one attached hydrogen (secondary N) is 1. The van der Waals surface area contributed by atoms with Gasteiger partial charge in [-0.05, 0) is 25.0 Å². The highest BCUT2D eigenvalue weighted by atomic mass is 35.5. The number of rotatable bonds is 6. The first-order valence-electron chi connectivity index (χ1n) is 10.5. The first-order valence-corrected chi connectivity index (χ1v) is 12.0. The number of hydrogen-bond donors (Lipinski definition) is 1. The molecule has 1 N–H and O–H groups in total. The Kier molecular flexibility index (Phi) is 7.42. The summed E-state index contributed by atoms with van der Waals surface area (Å²) in [5.74, 6) is -0.828. The number of carbonyl (C=O) groups is 1. The van der Waals surface area contributed by atoms with Crippen molar-refractivity contribution in [1.29, 1.82) is 0 Å². The Bertz CT molecular complexity index is 1070. The summed E-state index contributed by atoms with van der Waals surface area (Å²) in [6.45, 7) is 0.388. The summed E-state index contributed by atoms with van der Waals surface area (Å²) in [6, 6.07) is 4.46. The van der Waals surface area contributed by atoms with E-state index in [1.807, 2.05) is 5.32 Å². The summed E-state index contributed by atoms with van der Waals surface area (Å²) >= 11 is 0. The number of carbonyl (C=O) groups excluding carboxylic acids is 1. The van der Waals surface area contributed by atoms with Crippen LogP contribution in [0, 0.1) is 0 Å². The summed E-state index contributed by atoms with van der Waals surface area (Å²) in [5, 5.41) is 9.13. The fourth-order valence-electron chi connectivity index (χ4n) is 4.64. The maximum absolute atomic E-state index is 15.6. The molecule has 2 aliphatic rings. The summed E-state index contributed by atoms with van der Waals surface area (Å²) in [6.07, 6.45) is 3.01. The van der Waals surface area contributed by atoms with Gasteiger partial charge in [0.1, 0.15) is 5.54 Å².